The molecule has 8 nitrogen and oxygen atoms in total. The third-order valence-corrected chi connectivity index (χ3v) is 6.20. The fourth-order valence-electron chi connectivity index (χ4n) is 2.55. The van der Waals surface area contributed by atoms with Gasteiger partial charge in [-0.05, 0) is 36.8 Å². The monoisotopic (exact) mass is 421 g/mol. The first kappa shape index (κ1) is 20.0. The van der Waals surface area contributed by atoms with Gasteiger partial charge >= 0.3 is 0 Å². The Hall–Kier alpha value is -2.72. The maximum Gasteiger partial charge on any atom is 0.286 e. The van der Waals surface area contributed by atoms with Crippen LogP contribution >= 0.6 is 11.8 Å². The summed E-state index contributed by atoms with van der Waals surface area (Å²) in [6.07, 6.45) is 0. The van der Waals surface area contributed by atoms with E-state index in [0.717, 1.165) is 17.3 Å². The summed E-state index contributed by atoms with van der Waals surface area (Å²) in [7, 11) is -0.767. The number of sulfonamides is 1. The van der Waals surface area contributed by atoms with Crippen LogP contribution in [-0.2, 0) is 14.8 Å². The van der Waals surface area contributed by atoms with Gasteiger partial charge in [-0.2, -0.15) is 8.42 Å². The molecule has 0 aliphatic carbocycles. The Balaban J connectivity index is 1.68. The van der Waals surface area contributed by atoms with Gasteiger partial charge in [-0.3, -0.25) is 4.79 Å². The maximum atomic E-state index is 12.3. The molecule has 0 radical (unpaired) electrons. The molecule has 2 aromatic carbocycles. The van der Waals surface area contributed by atoms with Crippen LogP contribution in [0.2, 0.25) is 0 Å². The Labute approximate surface area is 167 Å². The number of carbonyl (C=O) groups is 1. The number of fused-ring (bicyclic) bond motifs is 1. The zero-order chi connectivity index (χ0) is 20.3. The molecule has 0 aromatic heterocycles. The highest BCUT2D eigenvalue weighted by Crippen LogP contribution is 2.31. The minimum atomic E-state index is -3.79. The van der Waals surface area contributed by atoms with Crippen LogP contribution in [0.1, 0.15) is 5.56 Å². The first-order chi connectivity index (χ1) is 13.3. The predicted octanol–water partition coefficient (Wildman–Crippen LogP) is 2.85. The largest absolute Gasteiger partial charge is 0.497 e. The zero-order valence-electron chi connectivity index (χ0n) is 15.5. The Morgan fingerprint density at radius 2 is 1.96 bits per heavy atom. The molecule has 28 heavy (non-hydrogen) atoms. The van der Waals surface area contributed by atoms with Crippen molar-refractivity contribution in [3.63, 3.8) is 0 Å². The van der Waals surface area contributed by atoms with Crippen LogP contribution in [0.4, 0.5) is 11.4 Å². The number of anilines is 2. The van der Waals surface area contributed by atoms with Gasteiger partial charge in [0.15, 0.2) is 5.17 Å². The van der Waals surface area contributed by atoms with E-state index in [4.69, 9.17) is 9.47 Å². The molecule has 0 bridgehead atoms. The van der Waals surface area contributed by atoms with Gasteiger partial charge in [0.25, 0.3) is 10.0 Å². The molecule has 1 aliphatic heterocycles. The van der Waals surface area contributed by atoms with Crippen LogP contribution in [0.25, 0.3) is 0 Å². The molecular weight excluding hydrogens is 402 g/mol. The number of rotatable bonds is 5. The number of methoxy groups -OCH3 is 2. The molecule has 1 heterocycles. The van der Waals surface area contributed by atoms with Gasteiger partial charge < -0.3 is 20.1 Å². The number of aryl methyl sites for hydroxylation is 1. The molecule has 0 unspecified atom stereocenters. The Kier molecular flexibility index (Phi) is 5.80. The van der Waals surface area contributed by atoms with Crippen molar-refractivity contribution >= 4 is 44.2 Å². The minimum Gasteiger partial charge on any atom is -0.497 e. The lowest BCUT2D eigenvalue weighted by Gasteiger charge is -2.18. The molecule has 10 heteroatoms. The highest BCUT2D eigenvalue weighted by atomic mass is 32.2. The first-order valence-corrected chi connectivity index (χ1v) is 10.6. The molecule has 148 valence electrons. The van der Waals surface area contributed by atoms with Crippen molar-refractivity contribution in [2.45, 2.75) is 11.8 Å². The lowest BCUT2D eigenvalue weighted by molar-refractivity contribution is -0.113. The summed E-state index contributed by atoms with van der Waals surface area (Å²) < 4.78 is 38.7. The van der Waals surface area contributed by atoms with Crippen LogP contribution < -0.4 is 20.1 Å². The molecule has 0 saturated heterocycles. The fraction of sp³-hybridized carbons (Fsp3) is 0.222. The second kappa shape index (κ2) is 8.11. The number of hydrogen-bond donors (Lipinski definition) is 2. The highest BCUT2D eigenvalue weighted by molar-refractivity contribution is 8.15. The number of thioether (sulfide) groups is 1. The third kappa shape index (κ3) is 4.39. The van der Waals surface area contributed by atoms with Crippen LogP contribution in [0.5, 0.6) is 11.5 Å². The van der Waals surface area contributed by atoms with Gasteiger partial charge in [0.2, 0.25) is 5.91 Å². The molecule has 1 amide bonds. The van der Waals surface area contributed by atoms with Crippen molar-refractivity contribution in [2.24, 2.45) is 4.40 Å². The second-order valence-electron chi connectivity index (χ2n) is 5.90. The van der Waals surface area contributed by atoms with E-state index < -0.39 is 10.0 Å². The van der Waals surface area contributed by atoms with E-state index >= 15 is 0 Å². The van der Waals surface area contributed by atoms with Gasteiger partial charge in [-0.25, -0.2) is 0 Å². The van der Waals surface area contributed by atoms with E-state index in [1.807, 2.05) is 6.92 Å². The zero-order valence-corrected chi connectivity index (χ0v) is 17.1. The van der Waals surface area contributed by atoms with Crippen molar-refractivity contribution in [1.29, 1.82) is 0 Å². The van der Waals surface area contributed by atoms with E-state index in [1.54, 1.807) is 30.3 Å². The molecule has 2 aromatic rings. The van der Waals surface area contributed by atoms with Gasteiger partial charge in [0, 0.05) is 6.07 Å². The fourth-order valence-corrected chi connectivity index (χ4v) is 4.56. The molecule has 0 atom stereocenters. The second-order valence-corrected chi connectivity index (χ2v) is 8.44. The van der Waals surface area contributed by atoms with Gasteiger partial charge in [-0.1, -0.05) is 17.8 Å². The summed E-state index contributed by atoms with van der Waals surface area (Å²) in [5.74, 6) is 0.699. The highest BCUT2D eigenvalue weighted by Gasteiger charge is 2.25. The topological polar surface area (TPSA) is 106 Å². The lowest BCUT2D eigenvalue weighted by atomic mass is 10.2. The van der Waals surface area contributed by atoms with E-state index in [9.17, 15) is 13.2 Å². The van der Waals surface area contributed by atoms with Crippen LogP contribution in [-0.4, -0.2) is 39.5 Å². The smallest absolute Gasteiger partial charge is 0.286 e. The van der Waals surface area contributed by atoms with Crippen LogP contribution in [0.15, 0.2) is 45.7 Å². The van der Waals surface area contributed by atoms with Crippen molar-refractivity contribution in [1.82, 2.24) is 0 Å². The number of amidine groups is 1. The number of ether oxygens (including phenoxy) is 2. The number of amides is 1. The summed E-state index contributed by atoms with van der Waals surface area (Å²) in [6.45, 7) is 1.86. The standard InChI is InChI=1S/C18H19N3O5S2/c1-11-4-7-16-14(8-11)20-18(21-28(16,23)24)27-10-17(22)19-13-6-5-12(25-2)9-15(13)26-3/h4-9H,10H2,1-3H3,(H,19,22)(H,20,21). The number of carbonyl (C=O) groups excluding carboxylic acids is 1. The average Bonchev–Trinajstić information content (AvgIpc) is 2.65. The Morgan fingerprint density at radius 1 is 1.18 bits per heavy atom. The summed E-state index contributed by atoms with van der Waals surface area (Å²) >= 11 is 1.000. The van der Waals surface area contributed by atoms with E-state index in [1.165, 1.54) is 20.3 Å². The first-order valence-electron chi connectivity index (χ1n) is 8.19. The van der Waals surface area contributed by atoms with Crippen molar-refractivity contribution in [2.75, 3.05) is 30.6 Å². The van der Waals surface area contributed by atoms with Gasteiger partial charge in [-0.15, -0.1) is 4.40 Å². The molecule has 2 N–H and O–H groups in total. The van der Waals surface area contributed by atoms with Crippen molar-refractivity contribution < 1.29 is 22.7 Å². The van der Waals surface area contributed by atoms with Crippen molar-refractivity contribution in [3.05, 3.63) is 42.0 Å². The van der Waals surface area contributed by atoms with E-state index in [-0.39, 0.29) is 21.7 Å². The lowest BCUT2D eigenvalue weighted by Crippen LogP contribution is -2.22. The number of nitrogens with zero attached hydrogens (tertiary/aromatic N) is 1. The SMILES string of the molecule is COc1ccc(NC(=O)CSC2=NS(=O)(=O)c3ccc(C)cc3N2)c(OC)c1. The quantitative estimate of drug-likeness (QED) is 0.765. The Bertz CT molecular complexity index is 1050. The molecule has 3 rings (SSSR count). The van der Waals surface area contributed by atoms with Crippen LogP contribution in [0.3, 0.4) is 0 Å². The summed E-state index contributed by atoms with van der Waals surface area (Å²) in [4.78, 5) is 12.4. The molecule has 1 aliphatic rings. The average molecular weight is 422 g/mol. The summed E-state index contributed by atoms with van der Waals surface area (Å²) in [5.41, 5.74) is 1.85. The molecule has 0 saturated carbocycles. The maximum absolute atomic E-state index is 12.3. The number of nitrogens with one attached hydrogen (secondary N) is 2. The van der Waals surface area contributed by atoms with Gasteiger partial charge in [0.1, 0.15) is 16.4 Å². The number of benzene rings is 2. The molecule has 0 fully saturated rings. The third-order valence-electron chi connectivity index (χ3n) is 3.88. The van der Waals surface area contributed by atoms with E-state index in [0.29, 0.717) is 22.9 Å². The summed E-state index contributed by atoms with van der Waals surface area (Å²) in [6, 6.07) is 9.97. The normalized spacial score (nSPS) is 14.3. The number of hydrogen-bond acceptors (Lipinski definition) is 7. The molecule has 0 spiro atoms. The van der Waals surface area contributed by atoms with Gasteiger partial charge in [0.05, 0.1) is 31.3 Å². The Morgan fingerprint density at radius 3 is 2.68 bits per heavy atom. The van der Waals surface area contributed by atoms with E-state index in [2.05, 4.69) is 15.0 Å². The van der Waals surface area contributed by atoms with Crippen LogP contribution in [0, 0.1) is 6.92 Å². The predicted molar refractivity (Wildman–Crippen MR) is 110 cm³/mol. The summed E-state index contributed by atoms with van der Waals surface area (Å²) in [5, 5.41) is 5.84. The molecular formula is C18H19N3O5S2. The minimum absolute atomic E-state index is 0.0301. The van der Waals surface area contributed by atoms with Crippen molar-refractivity contribution in [3.8, 4) is 11.5 Å².